The van der Waals surface area contributed by atoms with Crippen molar-refractivity contribution < 1.29 is 14.3 Å². The van der Waals surface area contributed by atoms with Crippen LogP contribution in [0.5, 0.6) is 11.5 Å². The molecule has 0 aliphatic heterocycles. The summed E-state index contributed by atoms with van der Waals surface area (Å²) in [5.41, 5.74) is 4.00. The van der Waals surface area contributed by atoms with Crippen molar-refractivity contribution >= 4 is 28.5 Å². The summed E-state index contributed by atoms with van der Waals surface area (Å²) in [7, 11) is 3.19. The first kappa shape index (κ1) is 21.6. The highest BCUT2D eigenvalue weighted by molar-refractivity contribution is 6.32. The second-order valence-electron chi connectivity index (χ2n) is 7.32. The highest BCUT2D eigenvalue weighted by Crippen LogP contribution is 2.28. The molecule has 0 fully saturated rings. The summed E-state index contributed by atoms with van der Waals surface area (Å²) in [6.07, 6.45) is 0. The number of halogens is 1. The van der Waals surface area contributed by atoms with E-state index in [2.05, 4.69) is 15.4 Å². The number of ether oxygens (including phenoxy) is 2. The second kappa shape index (κ2) is 8.88. The number of nitrogens with one attached hydrogen (secondary N) is 1. The van der Waals surface area contributed by atoms with E-state index in [-0.39, 0.29) is 12.5 Å². The van der Waals surface area contributed by atoms with Crippen LogP contribution >= 0.6 is 11.6 Å². The molecule has 0 saturated heterocycles. The minimum Gasteiger partial charge on any atom is -0.497 e. The first-order valence-corrected chi connectivity index (χ1v) is 10.4. The smallest absolute Gasteiger partial charge is 0.252 e. The third kappa shape index (κ3) is 3.99. The predicted molar refractivity (Wildman–Crippen MR) is 124 cm³/mol. The lowest BCUT2D eigenvalue weighted by atomic mass is 10.1. The number of aryl methyl sites for hydroxylation is 2. The molecule has 4 aromatic rings. The molecule has 0 radical (unpaired) electrons. The highest BCUT2D eigenvalue weighted by Gasteiger charge is 2.20. The van der Waals surface area contributed by atoms with Gasteiger partial charge in [0.1, 0.15) is 11.5 Å². The van der Waals surface area contributed by atoms with Crippen LogP contribution in [0.3, 0.4) is 0 Å². The Labute approximate surface area is 190 Å². The highest BCUT2D eigenvalue weighted by atomic mass is 35.5. The largest absolute Gasteiger partial charge is 0.497 e. The molecule has 2 heterocycles. The summed E-state index contributed by atoms with van der Waals surface area (Å²) in [4.78, 5) is 17.9. The quantitative estimate of drug-likeness (QED) is 0.463. The predicted octanol–water partition coefficient (Wildman–Crippen LogP) is 4.64. The molecule has 2 aromatic carbocycles. The normalized spacial score (nSPS) is 10.9. The van der Waals surface area contributed by atoms with E-state index in [0.717, 1.165) is 5.56 Å². The first-order valence-electron chi connectivity index (χ1n) is 10.0. The van der Waals surface area contributed by atoms with Crippen LogP contribution in [0.2, 0.25) is 5.02 Å². The van der Waals surface area contributed by atoms with Crippen LogP contribution in [0, 0.1) is 13.8 Å². The third-order valence-corrected chi connectivity index (χ3v) is 5.51. The van der Waals surface area contributed by atoms with Crippen molar-refractivity contribution in [3.63, 3.8) is 0 Å². The molecule has 7 nitrogen and oxygen atoms in total. The number of hydrogen-bond donors (Lipinski definition) is 1. The van der Waals surface area contributed by atoms with Gasteiger partial charge in [0.2, 0.25) is 0 Å². The van der Waals surface area contributed by atoms with Crippen molar-refractivity contribution in [2.24, 2.45) is 0 Å². The van der Waals surface area contributed by atoms with Crippen LogP contribution in [0.25, 0.3) is 16.7 Å². The lowest BCUT2D eigenvalue weighted by molar-refractivity contribution is 0.0952. The van der Waals surface area contributed by atoms with Gasteiger partial charge in [-0.1, -0.05) is 23.7 Å². The molecule has 2 aromatic heterocycles. The zero-order chi connectivity index (χ0) is 22.8. The molecule has 164 valence electrons. The van der Waals surface area contributed by atoms with Gasteiger partial charge >= 0.3 is 0 Å². The third-order valence-electron chi connectivity index (χ3n) is 5.19. The molecule has 0 atom stereocenters. The van der Waals surface area contributed by atoms with E-state index >= 15 is 0 Å². The lowest BCUT2D eigenvalue weighted by Crippen LogP contribution is -2.23. The molecule has 1 N–H and O–H groups in total. The Morgan fingerprint density at radius 2 is 1.88 bits per heavy atom. The van der Waals surface area contributed by atoms with E-state index in [1.54, 1.807) is 31.0 Å². The second-order valence-corrected chi connectivity index (χ2v) is 7.73. The summed E-state index contributed by atoms with van der Waals surface area (Å²) in [5.74, 6) is 1.13. The standard InChI is InChI=1S/C24H23ClN4O3/c1-14-11-18(24(30)26-13-16-12-17(31-3)9-10-21(16)32-4)22-15(2)28-29(23(22)27-14)20-8-6-5-7-19(20)25/h5-12H,13H2,1-4H3,(H,26,30). The molecule has 0 aliphatic carbocycles. The number of hydrogen-bond acceptors (Lipinski definition) is 5. The number of carbonyl (C=O) groups excluding carboxylic acids is 1. The summed E-state index contributed by atoms with van der Waals surface area (Å²) < 4.78 is 12.4. The fourth-order valence-corrected chi connectivity index (χ4v) is 3.89. The zero-order valence-corrected chi connectivity index (χ0v) is 19.0. The Kier molecular flexibility index (Phi) is 6.01. The van der Waals surface area contributed by atoms with Gasteiger partial charge in [0.15, 0.2) is 5.65 Å². The van der Waals surface area contributed by atoms with Crippen molar-refractivity contribution in [1.29, 1.82) is 0 Å². The Morgan fingerprint density at radius 1 is 1.09 bits per heavy atom. The van der Waals surface area contributed by atoms with E-state index in [1.165, 1.54) is 0 Å². The van der Waals surface area contributed by atoms with E-state index < -0.39 is 0 Å². The fraction of sp³-hybridized carbons (Fsp3) is 0.208. The zero-order valence-electron chi connectivity index (χ0n) is 18.3. The van der Waals surface area contributed by atoms with E-state index in [0.29, 0.717) is 50.2 Å². The summed E-state index contributed by atoms with van der Waals surface area (Å²) in [6.45, 7) is 3.98. The van der Waals surface area contributed by atoms with Crippen molar-refractivity contribution in [1.82, 2.24) is 20.1 Å². The molecular formula is C24H23ClN4O3. The molecule has 0 unspecified atom stereocenters. The average Bonchev–Trinajstić information content (AvgIpc) is 3.12. The van der Waals surface area contributed by atoms with Gasteiger partial charge in [-0.3, -0.25) is 4.79 Å². The number of benzene rings is 2. The van der Waals surface area contributed by atoms with Crippen LogP contribution in [-0.2, 0) is 6.54 Å². The molecule has 32 heavy (non-hydrogen) atoms. The Balaban J connectivity index is 1.72. The number of fused-ring (bicyclic) bond motifs is 1. The van der Waals surface area contributed by atoms with Crippen LogP contribution in [0.1, 0.15) is 27.3 Å². The van der Waals surface area contributed by atoms with Crippen LogP contribution < -0.4 is 14.8 Å². The minimum absolute atomic E-state index is 0.229. The number of nitrogens with zero attached hydrogens (tertiary/aromatic N) is 3. The Hall–Kier alpha value is -3.58. The van der Waals surface area contributed by atoms with Crippen molar-refractivity contribution in [3.05, 3.63) is 76.1 Å². The van der Waals surface area contributed by atoms with Crippen molar-refractivity contribution in [3.8, 4) is 17.2 Å². The van der Waals surface area contributed by atoms with Crippen LogP contribution in [0.4, 0.5) is 0 Å². The van der Waals surface area contributed by atoms with E-state index in [9.17, 15) is 4.79 Å². The molecule has 0 aliphatic rings. The summed E-state index contributed by atoms with van der Waals surface area (Å²) in [6, 6.07) is 14.6. The number of carbonyl (C=O) groups is 1. The van der Waals surface area contributed by atoms with Crippen molar-refractivity contribution in [2.45, 2.75) is 20.4 Å². The molecular weight excluding hydrogens is 428 g/mol. The lowest BCUT2D eigenvalue weighted by Gasteiger charge is -2.12. The van der Waals surface area contributed by atoms with Crippen molar-refractivity contribution in [2.75, 3.05) is 14.2 Å². The molecule has 0 saturated carbocycles. The van der Waals surface area contributed by atoms with E-state index in [1.807, 2.05) is 50.2 Å². The number of methoxy groups -OCH3 is 2. The Morgan fingerprint density at radius 3 is 2.59 bits per heavy atom. The number of amides is 1. The maximum Gasteiger partial charge on any atom is 0.252 e. The van der Waals surface area contributed by atoms with Gasteiger partial charge in [0.05, 0.1) is 41.6 Å². The number of rotatable bonds is 6. The molecule has 0 bridgehead atoms. The summed E-state index contributed by atoms with van der Waals surface area (Å²) >= 11 is 6.39. The van der Waals surface area contributed by atoms with Crippen LogP contribution in [0.15, 0.2) is 48.5 Å². The molecule has 8 heteroatoms. The summed E-state index contributed by atoms with van der Waals surface area (Å²) in [5, 5.41) is 8.85. The van der Waals surface area contributed by atoms with Gasteiger partial charge in [-0.2, -0.15) is 5.10 Å². The maximum absolute atomic E-state index is 13.2. The first-order chi connectivity index (χ1) is 15.4. The Bertz CT molecular complexity index is 1320. The number of pyridine rings is 1. The fourth-order valence-electron chi connectivity index (χ4n) is 3.68. The average molecular weight is 451 g/mol. The van der Waals surface area contributed by atoms with Gasteiger partial charge in [0.25, 0.3) is 5.91 Å². The van der Waals surface area contributed by atoms with E-state index in [4.69, 9.17) is 21.1 Å². The van der Waals surface area contributed by atoms with Gasteiger partial charge in [-0.25, -0.2) is 9.67 Å². The number of aromatic nitrogens is 3. The molecule has 4 rings (SSSR count). The topological polar surface area (TPSA) is 78.3 Å². The van der Waals surface area contributed by atoms with Gasteiger partial charge in [-0.05, 0) is 50.2 Å². The van der Waals surface area contributed by atoms with Gasteiger partial charge < -0.3 is 14.8 Å². The monoisotopic (exact) mass is 450 g/mol. The number of para-hydroxylation sites is 1. The van der Waals surface area contributed by atoms with Gasteiger partial charge in [0, 0.05) is 17.8 Å². The van der Waals surface area contributed by atoms with Crippen LogP contribution in [-0.4, -0.2) is 34.9 Å². The SMILES string of the molecule is COc1ccc(OC)c(CNC(=O)c2cc(C)nc3c2c(C)nn3-c2ccccc2Cl)c1. The maximum atomic E-state index is 13.2. The van der Waals surface area contributed by atoms with Gasteiger partial charge in [-0.15, -0.1) is 0 Å². The minimum atomic E-state index is -0.229. The molecule has 1 amide bonds. The molecule has 0 spiro atoms.